The van der Waals surface area contributed by atoms with Gasteiger partial charge < -0.3 is 10.6 Å². The summed E-state index contributed by atoms with van der Waals surface area (Å²) in [7, 11) is 0. The van der Waals surface area contributed by atoms with Crippen LogP contribution in [0.4, 0.5) is 0 Å². The maximum absolute atomic E-state index is 5.93. The average Bonchev–Trinajstić information content (AvgIpc) is 2.61. The first-order valence-corrected chi connectivity index (χ1v) is 6.27. The van der Waals surface area contributed by atoms with Crippen molar-refractivity contribution in [1.82, 2.24) is 4.90 Å². The van der Waals surface area contributed by atoms with Gasteiger partial charge in [0.25, 0.3) is 0 Å². The van der Waals surface area contributed by atoms with Crippen LogP contribution in [-0.2, 0) is 0 Å². The molecule has 0 bridgehead atoms. The predicted octanol–water partition coefficient (Wildman–Crippen LogP) is 2.67. The Morgan fingerprint density at radius 2 is 2.06 bits per heavy atom. The number of aliphatic imine (C=N–C) groups is 1. The first-order chi connectivity index (χ1) is 8.08. The molecule has 0 amide bonds. The normalized spacial score (nSPS) is 19.9. The van der Waals surface area contributed by atoms with Crippen molar-refractivity contribution in [2.24, 2.45) is 16.6 Å². The molecular formula is C13H18ClN3. The quantitative estimate of drug-likeness (QED) is 0.898. The smallest absolute Gasteiger partial charge is 0.191 e. The van der Waals surface area contributed by atoms with Crippen molar-refractivity contribution in [2.75, 3.05) is 13.1 Å². The standard InChI is InChI=1S/C13H18ClN3/c1-9(2)8-17-12(7-16-13(17)15)10-3-5-11(14)6-4-10/h3-6,9,12H,7-8H2,1-2H3,(H2,15,16). The van der Waals surface area contributed by atoms with Gasteiger partial charge in [-0.25, -0.2) is 0 Å². The van der Waals surface area contributed by atoms with Crippen molar-refractivity contribution in [3.63, 3.8) is 0 Å². The zero-order valence-electron chi connectivity index (χ0n) is 10.2. The molecular weight excluding hydrogens is 234 g/mol. The lowest BCUT2D eigenvalue weighted by atomic mass is 10.1. The predicted molar refractivity (Wildman–Crippen MR) is 72.2 cm³/mol. The highest BCUT2D eigenvalue weighted by Crippen LogP contribution is 2.27. The van der Waals surface area contributed by atoms with Crippen LogP contribution in [0.15, 0.2) is 29.3 Å². The van der Waals surface area contributed by atoms with Crippen LogP contribution in [0.25, 0.3) is 0 Å². The highest BCUT2D eigenvalue weighted by atomic mass is 35.5. The van der Waals surface area contributed by atoms with Crippen LogP contribution in [0.2, 0.25) is 5.02 Å². The summed E-state index contributed by atoms with van der Waals surface area (Å²) >= 11 is 5.90. The summed E-state index contributed by atoms with van der Waals surface area (Å²) < 4.78 is 0. The molecule has 1 aliphatic rings. The Morgan fingerprint density at radius 3 is 2.65 bits per heavy atom. The Bertz CT molecular complexity index is 411. The first-order valence-electron chi connectivity index (χ1n) is 5.90. The second kappa shape index (κ2) is 4.96. The molecule has 0 saturated carbocycles. The van der Waals surface area contributed by atoms with E-state index < -0.39 is 0 Å². The van der Waals surface area contributed by atoms with Crippen LogP contribution >= 0.6 is 11.6 Å². The van der Waals surface area contributed by atoms with Crippen LogP contribution in [0.3, 0.4) is 0 Å². The van der Waals surface area contributed by atoms with Gasteiger partial charge in [0, 0.05) is 11.6 Å². The van der Waals surface area contributed by atoms with E-state index in [0.717, 1.165) is 18.1 Å². The molecule has 0 radical (unpaired) electrons. The zero-order chi connectivity index (χ0) is 12.4. The summed E-state index contributed by atoms with van der Waals surface area (Å²) in [6.07, 6.45) is 0. The first kappa shape index (κ1) is 12.2. The second-order valence-corrected chi connectivity index (χ2v) is 5.25. The highest BCUT2D eigenvalue weighted by molar-refractivity contribution is 6.30. The maximum Gasteiger partial charge on any atom is 0.191 e. The Kier molecular flexibility index (Phi) is 3.57. The van der Waals surface area contributed by atoms with Crippen molar-refractivity contribution in [2.45, 2.75) is 19.9 Å². The number of halogens is 1. The largest absolute Gasteiger partial charge is 0.370 e. The third-order valence-corrected chi connectivity index (χ3v) is 3.17. The van der Waals surface area contributed by atoms with Crippen molar-refractivity contribution < 1.29 is 0 Å². The second-order valence-electron chi connectivity index (χ2n) is 4.81. The fourth-order valence-corrected chi connectivity index (χ4v) is 2.24. The minimum atomic E-state index is 0.259. The minimum Gasteiger partial charge on any atom is -0.370 e. The molecule has 17 heavy (non-hydrogen) atoms. The van der Waals surface area contributed by atoms with Gasteiger partial charge in [-0.3, -0.25) is 4.99 Å². The van der Waals surface area contributed by atoms with E-state index in [1.165, 1.54) is 5.56 Å². The van der Waals surface area contributed by atoms with E-state index in [9.17, 15) is 0 Å². The van der Waals surface area contributed by atoms with E-state index in [1.807, 2.05) is 12.1 Å². The van der Waals surface area contributed by atoms with Gasteiger partial charge in [-0.2, -0.15) is 0 Å². The Balaban J connectivity index is 2.18. The van der Waals surface area contributed by atoms with Crippen molar-refractivity contribution in [3.05, 3.63) is 34.9 Å². The number of guanidine groups is 1. The summed E-state index contributed by atoms with van der Waals surface area (Å²) in [5.41, 5.74) is 7.16. The third kappa shape index (κ3) is 2.72. The molecule has 1 aromatic rings. The number of nitrogens with two attached hydrogens (primary N) is 1. The Labute approximate surface area is 107 Å². The molecule has 0 aromatic heterocycles. The molecule has 92 valence electrons. The van der Waals surface area contributed by atoms with Gasteiger partial charge >= 0.3 is 0 Å². The van der Waals surface area contributed by atoms with Gasteiger partial charge in [0.1, 0.15) is 0 Å². The van der Waals surface area contributed by atoms with Gasteiger partial charge in [0.15, 0.2) is 5.96 Å². The molecule has 3 nitrogen and oxygen atoms in total. The lowest BCUT2D eigenvalue weighted by Crippen LogP contribution is -2.38. The lowest BCUT2D eigenvalue weighted by molar-refractivity contribution is 0.309. The van der Waals surface area contributed by atoms with Crippen LogP contribution in [0.1, 0.15) is 25.5 Å². The number of hydrogen-bond donors (Lipinski definition) is 1. The van der Waals surface area contributed by atoms with Gasteiger partial charge in [-0.1, -0.05) is 37.6 Å². The fourth-order valence-electron chi connectivity index (χ4n) is 2.11. The Morgan fingerprint density at radius 1 is 1.41 bits per heavy atom. The molecule has 1 aliphatic heterocycles. The van der Waals surface area contributed by atoms with Crippen LogP contribution in [0, 0.1) is 5.92 Å². The molecule has 0 saturated heterocycles. The number of nitrogens with zero attached hydrogens (tertiary/aromatic N) is 2. The molecule has 1 heterocycles. The van der Waals surface area contributed by atoms with Crippen LogP contribution < -0.4 is 5.73 Å². The fraction of sp³-hybridized carbons (Fsp3) is 0.462. The molecule has 0 spiro atoms. The van der Waals surface area contributed by atoms with E-state index in [2.05, 4.69) is 35.9 Å². The minimum absolute atomic E-state index is 0.259. The van der Waals surface area contributed by atoms with Crippen LogP contribution in [-0.4, -0.2) is 23.9 Å². The third-order valence-electron chi connectivity index (χ3n) is 2.91. The zero-order valence-corrected chi connectivity index (χ0v) is 11.0. The SMILES string of the molecule is CC(C)CN1C(N)=NCC1c1ccc(Cl)cc1. The summed E-state index contributed by atoms with van der Waals surface area (Å²) in [6, 6.07) is 8.19. The van der Waals surface area contributed by atoms with E-state index in [-0.39, 0.29) is 6.04 Å². The molecule has 2 N–H and O–H groups in total. The van der Waals surface area contributed by atoms with Gasteiger partial charge in [-0.15, -0.1) is 0 Å². The molecule has 1 atom stereocenters. The van der Waals surface area contributed by atoms with Crippen LogP contribution in [0.5, 0.6) is 0 Å². The number of benzene rings is 1. The van der Waals surface area contributed by atoms with E-state index in [0.29, 0.717) is 11.9 Å². The maximum atomic E-state index is 5.93. The molecule has 1 aromatic carbocycles. The average molecular weight is 252 g/mol. The summed E-state index contributed by atoms with van der Waals surface area (Å²) in [6.45, 7) is 6.04. The lowest BCUT2D eigenvalue weighted by Gasteiger charge is -2.28. The number of rotatable bonds is 3. The van der Waals surface area contributed by atoms with E-state index in [4.69, 9.17) is 17.3 Å². The van der Waals surface area contributed by atoms with Crippen molar-refractivity contribution in [1.29, 1.82) is 0 Å². The summed E-state index contributed by atoms with van der Waals surface area (Å²) in [5, 5.41) is 0.760. The van der Waals surface area contributed by atoms with Gasteiger partial charge in [-0.05, 0) is 23.6 Å². The molecule has 2 rings (SSSR count). The molecule has 1 unspecified atom stereocenters. The van der Waals surface area contributed by atoms with Gasteiger partial charge in [0.05, 0.1) is 12.6 Å². The highest BCUT2D eigenvalue weighted by Gasteiger charge is 2.27. The topological polar surface area (TPSA) is 41.6 Å². The molecule has 0 fully saturated rings. The van der Waals surface area contributed by atoms with E-state index >= 15 is 0 Å². The Hall–Kier alpha value is -1.22. The molecule has 4 heteroatoms. The number of hydrogen-bond acceptors (Lipinski definition) is 3. The monoisotopic (exact) mass is 251 g/mol. The summed E-state index contributed by atoms with van der Waals surface area (Å²) in [5.74, 6) is 1.22. The molecule has 0 aliphatic carbocycles. The van der Waals surface area contributed by atoms with Crippen molar-refractivity contribution >= 4 is 17.6 Å². The van der Waals surface area contributed by atoms with E-state index in [1.54, 1.807) is 0 Å². The summed E-state index contributed by atoms with van der Waals surface area (Å²) in [4.78, 5) is 6.51. The van der Waals surface area contributed by atoms with Crippen molar-refractivity contribution in [3.8, 4) is 0 Å². The van der Waals surface area contributed by atoms with Gasteiger partial charge in [0.2, 0.25) is 0 Å².